The number of ketones is 1. The number of hydrogen-bond acceptors (Lipinski definition) is 5. The number of aryl methyl sites for hydroxylation is 1. The second kappa shape index (κ2) is 7.93. The topological polar surface area (TPSA) is 110 Å². The van der Waals surface area contributed by atoms with Crippen LogP contribution >= 0.6 is 0 Å². The fourth-order valence-electron chi connectivity index (χ4n) is 5.81. The standard InChI is InChI=1S/C27H24N4O2/c1-16-22-12-11-19-15-30-26(18-9-7-17(8-10-18)25(29)33)31-24(19)27(22,13-20(14-28)23(16)32)21-5-3-2-4-6-21/h2-10,15-16,20,22H,11-13H2,1H3,(H2,29,33)/t16-,20?,22-,27-/m0/s1. The molecule has 33 heavy (non-hydrogen) atoms. The van der Waals surface area contributed by atoms with E-state index in [-0.39, 0.29) is 17.6 Å². The van der Waals surface area contributed by atoms with Crippen LogP contribution in [0.5, 0.6) is 0 Å². The third kappa shape index (κ3) is 3.23. The lowest BCUT2D eigenvalue weighted by atomic mass is 9.51. The first-order chi connectivity index (χ1) is 16.0. The average molecular weight is 437 g/mol. The van der Waals surface area contributed by atoms with E-state index in [1.54, 1.807) is 24.3 Å². The summed E-state index contributed by atoms with van der Waals surface area (Å²) in [4.78, 5) is 34.1. The van der Waals surface area contributed by atoms with Gasteiger partial charge in [0.15, 0.2) is 11.6 Å². The molecular weight excluding hydrogens is 412 g/mol. The SMILES string of the molecule is C[C@@H]1C(=O)C(C#N)C[C@@]2(c3ccccc3)c3nc(-c4ccc(C(N)=O)cc4)ncc3CC[C@@H]12. The molecule has 2 aliphatic carbocycles. The Kier molecular flexibility index (Phi) is 5.05. The van der Waals surface area contributed by atoms with Crippen LogP contribution in [0, 0.1) is 29.1 Å². The van der Waals surface area contributed by atoms with Crippen LogP contribution in [0.25, 0.3) is 11.4 Å². The highest BCUT2D eigenvalue weighted by atomic mass is 16.1. The number of carbonyl (C=O) groups excluding carboxylic acids is 2. The summed E-state index contributed by atoms with van der Waals surface area (Å²) in [6.45, 7) is 1.96. The van der Waals surface area contributed by atoms with Gasteiger partial charge in [-0.05, 0) is 48.4 Å². The van der Waals surface area contributed by atoms with E-state index in [0.29, 0.717) is 17.8 Å². The maximum Gasteiger partial charge on any atom is 0.248 e. The molecule has 2 aliphatic rings. The number of nitrogens with two attached hydrogens (primary N) is 1. The van der Waals surface area contributed by atoms with Gasteiger partial charge in [-0.2, -0.15) is 5.26 Å². The molecule has 0 radical (unpaired) electrons. The van der Waals surface area contributed by atoms with E-state index in [9.17, 15) is 14.9 Å². The molecule has 6 nitrogen and oxygen atoms in total. The normalized spacial score (nSPS) is 26.1. The van der Waals surface area contributed by atoms with Gasteiger partial charge in [0.2, 0.25) is 5.91 Å². The Morgan fingerprint density at radius 2 is 1.88 bits per heavy atom. The molecule has 0 spiro atoms. The largest absolute Gasteiger partial charge is 0.366 e. The van der Waals surface area contributed by atoms with Crippen molar-refractivity contribution in [1.29, 1.82) is 5.26 Å². The van der Waals surface area contributed by atoms with E-state index in [0.717, 1.165) is 35.2 Å². The summed E-state index contributed by atoms with van der Waals surface area (Å²) in [6.07, 6.45) is 3.95. The molecule has 1 amide bonds. The van der Waals surface area contributed by atoms with Gasteiger partial charge < -0.3 is 5.73 Å². The number of hydrogen-bond donors (Lipinski definition) is 1. The molecule has 0 aliphatic heterocycles. The molecule has 5 rings (SSSR count). The van der Waals surface area contributed by atoms with Gasteiger partial charge in [-0.1, -0.05) is 49.4 Å². The average Bonchev–Trinajstić information content (AvgIpc) is 2.86. The van der Waals surface area contributed by atoms with Crippen molar-refractivity contribution in [3.8, 4) is 17.5 Å². The van der Waals surface area contributed by atoms with Crippen molar-refractivity contribution in [1.82, 2.24) is 9.97 Å². The van der Waals surface area contributed by atoms with E-state index in [2.05, 4.69) is 23.2 Å². The smallest absolute Gasteiger partial charge is 0.248 e. The number of benzene rings is 2. The maximum absolute atomic E-state index is 13.0. The van der Waals surface area contributed by atoms with Gasteiger partial charge in [-0.15, -0.1) is 0 Å². The first-order valence-electron chi connectivity index (χ1n) is 11.2. The number of rotatable bonds is 3. The van der Waals surface area contributed by atoms with Crippen LogP contribution in [0.4, 0.5) is 0 Å². The molecule has 1 fully saturated rings. The Morgan fingerprint density at radius 3 is 2.55 bits per heavy atom. The molecule has 1 aromatic heterocycles. The summed E-state index contributed by atoms with van der Waals surface area (Å²) in [5.74, 6) is -0.736. The van der Waals surface area contributed by atoms with Crippen molar-refractivity contribution in [2.24, 2.45) is 23.5 Å². The minimum Gasteiger partial charge on any atom is -0.366 e. The Hall–Kier alpha value is -3.85. The number of primary amides is 1. The van der Waals surface area contributed by atoms with Gasteiger partial charge in [0.25, 0.3) is 0 Å². The van der Waals surface area contributed by atoms with Gasteiger partial charge in [-0.3, -0.25) is 9.59 Å². The van der Waals surface area contributed by atoms with Gasteiger partial charge in [-0.25, -0.2) is 9.97 Å². The van der Waals surface area contributed by atoms with Gasteiger partial charge >= 0.3 is 0 Å². The number of Topliss-reactive ketones (excluding diaryl/α,β-unsaturated/α-hetero) is 1. The van der Waals surface area contributed by atoms with Crippen LogP contribution in [0.3, 0.4) is 0 Å². The fraction of sp³-hybridized carbons (Fsp3) is 0.296. The highest BCUT2D eigenvalue weighted by molar-refractivity contribution is 5.93. The predicted molar refractivity (Wildman–Crippen MR) is 123 cm³/mol. The van der Waals surface area contributed by atoms with Crippen molar-refractivity contribution in [2.45, 2.75) is 31.6 Å². The molecule has 1 unspecified atom stereocenters. The van der Waals surface area contributed by atoms with Gasteiger partial charge in [0.05, 0.1) is 11.8 Å². The molecule has 0 bridgehead atoms. The molecule has 1 heterocycles. The first kappa shape index (κ1) is 21.0. The Morgan fingerprint density at radius 1 is 1.15 bits per heavy atom. The molecule has 0 saturated heterocycles. The fourth-order valence-corrected chi connectivity index (χ4v) is 5.81. The van der Waals surface area contributed by atoms with Crippen LogP contribution < -0.4 is 5.73 Å². The zero-order valence-corrected chi connectivity index (χ0v) is 18.4. The third-order valence-corrected chi connectivity index (χ3v) is 7.44. The lowest BCUT2D eigenvalue weighted by Gasteiger charge is -2.51. The van der Waals surface area contributed by atoms with Crippen molar-refractivity contribution in [3.63, 3.8) is 0 Å². The number of nitriles is 1. The molecule has 3 aromatic rings. The van der Waals surface area contributed by atoms with E-state index in [1.807, 2.05) is 31.3 Å². The Labute approximate surface area is 192 Å². The zero-order valence-electron chi connectivity index (χ0n) is 18.4. The Balaban J connectivity index is 1.72. The second-order valence-corrected chi connectivity index (χ2v) is 9.07. The summed E-state index contributed by atoms with van der Waals surface area (Å²) < 4.78 is 0. The zero-order chi connectivity index (χ0) is 23.2. The lowest BCUT2D eigenvalue weighted by molar-refractivity contribution is -0.131. The molecule has 1 saturated carbocycles. The maximum atomic E-state index is 13.0. The highest BCUT2D eigenvalue weighted by Crippen LogP contribution is 2.55. The highest BCUT2D eigenvalue weighted by Gasteiger charge is 2.56. The van der Waals surface area contributed by atoms with E-state index < -0.39 is 17.2 Å². The summed E-state index contributed by atoms with van der Waals surface area (Å²) in [5, 5.41) is 9.84. The summed E-state index contributed by atoms with van der Waals surface area (Å²) in [6, 6.07) is 19.3. The number of aromatic nitrogens is 2. The third-order valence-electron chi connectivity index (χ3n) is 7.44. The van der Waals surface area contributed by atoms with Gasteiger partial charge in [0, 0.05) is 28.7 Å². The van der Waals surface area contributed by atoms with Crippen molar-refractivity contribution >= 4 is 11.7 Å². The van der Waals surface area contributed by atoms with Crippen LogP contribution in [-0.2, 0) is 16.6 Å². The second-order valence-electron chi connectivity index (χ2n) is 9.07. The van der Waals surface area contributed by atoms with Crippen molar-refractivity contribution in [3.05, 3.63) is 83.2 Å². The molecule has 4 atom stereocenters. The van der Waals surface area contributed by atoms with Crippen LogP contribution in [0.15, 0.2) is 60.8 Å². The van der Waals surface area contributed by atoms with Crippen molar-refractivity contribution in [2.75, 3.05) is 0 Å². The molecule has 2 N–H and O–H groups in total. The first-order valence-corrected chi connectivity index (χ1v) is 11.2. The van der Waals surface area contributed by atoms with Crippen LogP contribution in [0.1, 0.15) is 46.9 Å². The summed E-state index contributed by atoms with van der Waals surface area (Å²) >= 11 is 0. The van der Waals surface area contributed by atoms with Crippen LogP contribution in [0.2, 0.25) is 0 Å². The van der Waals surface area contributed by atoms with E-state index >= 15 is 0 Å². The molecule has 2 aromatic carbocycles. The predicted octanol–water partition coefficient (Wildman–Crippen LogP) is 3.84. The van der Waals surface area contributed by atoms with Gasteiger partial charge in [0.1, 0.15) is 5.92 Å². The monoisotopic (exact) mass is 436 g/mol. The number of carbonyl (C=O) groups is 2. The van der Waals surface area contributed by atoms with E-state index in [4.69, 9.17) is 10.7 Å². The number of nitrogens with zero attached hydrogens (tertiary/aromatic N) is 3. The number of amides is 1. The number of fused-ring (bicyclic) bond motifs is 3. The minimum atomic E-state index is -0.671. The summed E-state index contributed by atoms with van der Waals surface area (Å²) in [5.41, 5.74) is 9.11. The lowest BCUT2D eigenvalue weighted by Crippen LogP contribution is -2.53. The Bertz CT molecular complexity index is 1280. The van der Waals surface area contributed by atoms with Crippen molar-refractivity contribution < 1.29 is 9.59 Å². The molecular formula is C27H24N4O2. The minimum absolute atomic E-state index is 0.0360. The summed E-state index contributed by atoms with van der Waals surface area (Å²) in [7, 11) is 0. The molecule has 6 heteroatoms. The quantitative estimate of drug-likeness (QED) is 0.671. The van der Waals surface area contributed by atoms with E-state index in [1.165, 1.54) is 0 Å². The molecule has 164 valence electrons. The van der Waals surface area contributed by atoms with Crippen LogP contribution in [-0.4, -0.2) is 21.7 Å².